The van der Waals surface area contributed by atoms with Gasteiger partial charge in [0.25, 0.3) is 0 Å². The van der Waals surface area contributed by atoms with Crippen molar-refractivity contribution in [3.05, 3.63) is 71.2 Å². The Balaban J connectivity index is 1.40. The van der Waals surface area contributed by atoms with Crippen LogP contribution in [0.5, 0.6) is 5.75 Å². The van der Waals surface area contributed by atoms with Crippen molar-refractivity contribution in [2.24, 2.45) is 5.92 Å². The molecule has 5 rings (SSSR count). The second-order valence-corrected chi connectivity index (χ2v) is 9.27. The molecule has 2 fully saturated rings. The smallest absolute Gasteiger partial charge is 0.123 e. The molecule has 0 radical (unpaired) electrons. The van der Waals surface area contributed by atoms with Gasteiger partial charge in [0.15, 0.2) is 0 Å². The lowest BCUT2D eigenvalue weighted by molar-refractivity contribution is 0.281. The summed E-state index contributed by atoms with van der Waals surface area (Å²) in [6.45, 7) is 0.793. The van der Waals surface area contributed by atoms with Crippen LogP contribution >= 0.6 is 11.3 Å². The first-order valence-corrected chi connectivity index (χ1v) is 11.8. The van der Waals surface area contributed by atoms with Crippen LogP contribution in [0.2, 0.25) is 0 Å². The van der Waals surface area contributed by atoms with Gasteiger partial charge in [-0.15, -0.1) is 11.3 Å². The highest BCUT2D eigenvalue weighted by molar-refractivity contribution is 7.13. The van der Waals surface area contributed by atoms with Crippen molar-refractivity contribution >= 4 is 11.3 Å². The van der Waals surface area contributed by atoms with Crippen molar-refractivity contribution in [3.8, 4) is 16.3 Å². The molecule has 2 heterocycles. The molecule has 2 aliphatic rings. The summed E-state index contributed by atoms with van der Waals surface area (Å²) in [5, 5.41) is 11.0. The average molecular weight is 420 g/mol. The van der Waals surface area contributed by atoms with E-state index in [4.69, 9.17) is 4.74 Å². The quantitative estimate of drug-likeness (QED) is 0.578. The number of benzene rings is 2. The molecule has 0 spiro atoms. The van der Waals surface area contributed by atoms with Crippen molar-refractivity contribution in [3.63, 3.8) is 0 Å². The summed E-state index contributed by atoms with van der Waals surface area (Å²) < 4.78 is 5.68. The second-order valence-electron chi connectivity index (χ2n) is 8.38. The molecule has 2 unspecified atom stereocenters. The Hall–Kier alpha value is -2.21. The lowest BCUT2D eigenvalue weighted by Gasteiger charge is -2.30. The van der Waals surface area contributed by atoms with Gasteiger partial charge < -0.3 is 15.4 Å². The van der Waals surface area contributed by atoms with E-state index >= 15 is 0 Å². The molecule has 30 heavy (non-hydrogen) atoms. The van der Waals surface area contributed by atoms with Crippen LogP contribution in [0.1, 0.15) is 42.9 Å². The maximum absolute atomic E-state index is 5.68. The van der Waals surface area contributed by atoms with Crippen molar-refractivity contribution in [2.75, 3.05) is 7.11 Å². The molecule has 0 bridgehead atoms. The zero-order valence-electron chi connectivity index (χ0n) is 17.4. The van der Waals surface area contributed by atoms with Gasteiger partial charge in [0.1, 0.15) is 10.8 Å². The van der Waals surface area contributed by atoms with Gasteiger partial charge >= 0.3 is 0 Å². The van der Waals surface area contributed by atoms with Gasteiger partial charge in [-0.05, 0) is 42.5 Å². The van der Waals surface area contributed by atoms with Crippen LogP contribution in [0.3, 0.4) is 0 Å². The fourth-order valence-electron chi connectivity index (χ4n) is 5.25. The van der Waals surface area contributed by atoms with E-state index in [2.05, 4.69) is 64.1 Å². The molecule has 2 aromatic carbocycles. The van der Waals surface area contributed by atoms with Crippen LogP contribution in [-0.4, -0.2) is 24.2 Å². The normalized spacial score (nSPS) is 25.8. The molecule has 5 heteroatoms. The highest BCUT2D eigenvalue weighted by atomic mass is 32.1. The molecular formula is C25H29N3OS. The van der Waals surface area contributed by atoms with E-state index in [1.54, 1.807) is 18.4 Å². The van der Waals surface area contributed by atoms with Crippen LogP contribution in [0.15, 0.2) is 60.1 Å². The third kappa shape index (κ3) is 3.89. The maximum atomic E-state index is 5.68. The van der Waals surface area contributed by atoms with Gasteiger partial charge in [0.2, 0.25) is 0 Å². The Morgan fingerprint density at radius 2 is 2.00 bits per heavy atom. The van der Waals surface area contributed by atoms with Crippen LogP contribution in [0.25, 0.3) is 10.6 Å². The van der Waals surface area contributed by atoms with Gasteiger partial charge in [0, 0.05) is 47.4 Å². The molecule has 3 aromatic rings. The van der Waals surface area contributed by atoms with Crippen LogP contribution in [-0.2, 0) is 6.54 Å². The lowest BCUT2D eigenvalue weighted by atomic mass is 9.81. The molecule has 4 atom stereocenters. The Labute approximate surface area is 182 Å². The highest BCUT2D eigenvalue weighted by Crippen LogP contribution is 2.40. The van der Waals surface area contributed by atoms with E-state index in [0.29, 0.717) is 24.0 Å². The van der Waals surface area contributed by atoms with E-state index in [1.165, 1.54) is 36.8 Å². The van der Waals surface area contributed by atoms with Crippen molar-refractivity contribution in [2.45, 2.75) is 50.4 Å². The minimum Gasteiger partial charge on any atom is -0.496 e. The number of rotatable bonds is 6. The molecule has 0 amide bonds. The third-order valence-corrected chi connectivity index (χ3v) is 7.50. The van der Waals surface area contributed by atoms with Gasteiger partial charge in [-0.25, -0.2) is 4.98 Å². The van der Waals surface area contributed by atoms with E-state index in [-0.39, 0.29) is 0 Å². The third-order valence-electron chi connectivity index (χ3n) is 6.68. The number of hydrogen-bond acceptors (Lipinski definition) is 5. The van der Waals surface area contributed by atoms with Crippen molar-refractivity contribution in [1.29, 1.82) is 0 Å². The minimum atomic E-state index is 0.354. The van der Waals surface area contributed by atoms with Crippen LogP contribution in [0, 0.1) is 5.92 Å². The highest BCUT2D eigenvalue weighted by Gasteiger charge is 2.43. The molecule has 1 saturated carbocycles. The Morgan fingerprint density at radius 3 is 2.80 bits per heavy atom. The summed E-state index contributed by atoms with van der Waals surface area (Å²) in [4.78, 5) is 4.47. The summed E-state index contributed by atoms with van der Waals surface area (Å²) in [5.41, 5.74) is 3.73. The summed E-state index contributed by atoms with van der Waals surface area (Å²) >= 11 is 1.67. The zero-order valence-corrected chi connectivity index (χ0v) is 18.2. The summed E-state index contributed by atoms with van der Waals surface area (Å²) in [6, 6.07) is 18.7. The number of hydrogen-bond donors (Lipinski definition) is 2. The second kappa shape index (κ2) is 8.88. The molecule has 4 nitrogen and oxygen atoms in total. The molecule has 1 saturated heterocycles. The topological polar surface area (TPSA) is 46.2 Å². The fourth-order valence-corrected chi connectivity index (χ4v) is 5.89. The van der Waals surface area contributed by atoms with E-state index in [1.807, 2.05) is 11.6 Å². The largest absolute Gasteiger partial charge is 0.496 e. The predicted molar refractivity (Wildman–Crippen MR) is 123 cm³/mol. The number of nitrogens with one attached hydrogen (secondary N) is 2. The van der Waals surface area contributed by atoms with Crippen molar-refractivity contribution < 1.29 is 4.74 Å². The van der Waals surface area contributed by atoms with E-state index < -0.39 is 0 Å². The lowest BCUT2D eigenvalue weighted by Crippen LogP contribution is -2.39. The Bertz CT molecular complexity index is 960. The van der Waals surface area contributed by atoms with Gasteiger partial charge in [-0.1, -0.05) is 43.2 Å². The van der Waals surface area contributed by atoms with Crippen LogP contribution < -0.4 is 15.4 Å². The van der Waals surface area contributed by atoms with Gasteiger partial charge in [-0.3, -0.25) is 0 Å². The summed E-state index contributed by atoms with van der Waals surface area (Å²) in [5.74, 6) is 1.61. The molecule has 1 aliphatic heterocycles. The van der Waals surface area contributed by atoms with Gasteiger partial charge in [0.05, 0.1) is 7.11 Å². The first kappa shape index (κ1) is 19.7. The van der Waals surface area contributed by atoms with Crippen molar-refractivity contribution in [1.82, 2.24) is 15.6 Å². The Kier molecular flexibility index (Phi) is 5.84. The zero-order chi connectivity index (χ0) is 20.3. The van der Waals surface area contributed by atoms with E-state index in [9.17, 15) is 0 Å². The molecular weight excluding hydrogens is 390 g/mol. The standard InChI is InChI=1S/C25H29N3OS/c1-29-22-12-11-18(25-26-13-14-30-25)15-19(22)16-27-24-20-9-5-6-10-21(20)28-23(24)17-7-3-2-4-8-17/h2-4,7-8,11-15,20-21,23-24,27-28H,5-6,9-10,16H2,1H3/t20?,21?,23-,24-/m0/s1. The number of thiazole rings is 1. The number of ether oxygens (including phenoxy) is 1. The first-order valence-electron chi connectivity index (χ1n) is 10.9. The summed E-state index contributed by atoms with van der Waals surface area (Å²) in [7, 11) is 1.75. The maximum Gasteiger partial charge on any atom is 0.123 e. The predicted octanol–water partition coefficient (Wildman–Crippen LogP) is 5.18. The van der Waals surface area contributed by atoms with E-state index in [0.717, 1.165) is 22.9 Å². The molecule has 2 N–H and O–H groups in total. The summed E-state index contributed by atoms with van der Waals surface area (Å²) in [6.07, 6.45) is 7.13. The average Bonchev–Trinajstić information content (AvgIpc) is 3.46. The number of nitrogens with zero attached hydrogens (tertiary/aromatic N) is 1. The molecule has 1 aliphatic carbocycles. The fraction of sp³-hybridized carbons (Fsp3) is 0.400. The SMILES string of the molecule is COc1ccc(-c2nccs2)cc1CN[C@H]1C2CCCCC2N[C@H]1c1ccccc1. The monoisotopic (exact) mass is 419 g/mol. The minimum absolute atomic E-state index is 0.354. The number of fused-ring (bicyclic) bond motifs is 1. The molecule has 1 aromatic heterocycles. The molecule has 156 valence electrons. The Morgan fingerprint density at radius 1 is 1.13 bits per heavy atom. The number of methoxy groups -OCH3 is 1. The number of aromatic nitrogens is 1. The first-order chi connectivity index (χ1) is 14.8. The van der Waals surface area contributed by atoms with Crippen LogP contribution in [0.4, 0.5) is 0 Å². The van der Waals surface area contributed by atoms with Gasteiger partial charge in [-0.2, -0.15) is 0 Å².